The number of ether oxygens (including phenoxy) is 1. The molecule has 0 saturated carbocycles. The first-order valence-electron chi connectivity index (χ1n) is 7.91. The molecule has 0 bridgehead atoms. The van der Waals surface area contributed by atoms with E-state index in [1.165, 1.54) is 0 Å². The second-order valence-corrected chi connectivity index (χ2v) is 5.87. The summed E-state index contributed by atoms with van der Waals surface area (Å²) in [5.74, 6) is 1.25. The van der Waals surface area contributed by atoms with Gasteiger partial charge < -0.3 is 15.4 Å². The molecule has 2 rings (SSSR count). The van der Waals surface area contributed by atoms with Crippen molar-refractivity contribution in [3.05, 3.63) is 60.2 Å². The van der Waals surface area contributed by atoms with E-state index in [1.54, 1.807) is 0 Å². The molecule has 23 heavy (non-hydrogen) atoms. The predicted molar refractivity (Wildman–Crippen MR) is 93.6 cm³/mol. The minimum Gasteiger partial charge on any atom is -0.493 e. The fraction of sp³-hybridized carbons (Fsp3) is 0.316. The van der Waals surface area contributed by atoms with E-state index in [9.17, 15) is 4.79 Å². The number of rotatable bonds is 8. The summed E-state index contributed by atoms with van der Waals surface area (Å²) < 4.78 is 5.62. The lowest BCUT2D eigenvalue weighted by Crippen LogP contribution is -2.27. The standard InChI is InChI=1S/C19H24N2O2/c1-15(2)14-23-18-10-8-17(9-11-18)21-19(22)13-20-12-16-6-4-3-5-7-16/h3-11,15,20H,12-14H2,1-2H3,(H,21,22). The van der Waals surface area contributed by atoms with Gasteiger partial charge in [0.05, 0.1) is 13.2 Å². The van der Waals surface area contributed by atoms with Gasteiger partial charge in [0.1, 0.15) is 5.75 Å². The van der Waals surface area contributed by atoms with Crippen LogP contribution in [0.2, 0.25) is 0 Å². The third-order valence-electron chi connectivity index (χ3n) is 3.18. The molecule has 0 aromatic heterocycles. The molecule has 0 radical (unpaired) electrons. The number of carbonyl (C=O) groups is 1. The van der Waals surface area contributed by atoms with Crippen molar-refractivity contribution < 1.29 is 9.53 Å². The van der Waals surface area contributed by atoms with Crippen LogP contribution in [0.4, 0.5) is 5.69 Å². The molecule has 0 atom stereocenters. The number of carbonyl (C=O) groups excluding carboxylic acids is 1. The van der Waals surface area contributed by atoms with E-state index < -0.39 is 0 Å². The molecular weight excluding hydrogens is 288 g/mol. The number of hydrogen-bond donors (Lipinski definition) is 2. The topological polar surface area (TPSA) is 50.4 Å². The maximum atomic E-state index is 11.9. The van der Waals surface area contributed by atoms with E-state index in [-0.39, 0.29) is 12.5 Å². The minimum atomic E-state index is -0.0585. The molecule has 4 heteroatoms. The average molecular weight is 312 g/mol. The Kier molecular flexibility index (Phi) is 6.63. The third kappa shape index (κ3) is 6.53. The maximum Gasteiger partial charge on any atom is 0.238 e. The van der Waals surface area contributed by atoms with Gasteiger partial charge in [-0.2, -0.15) is 0 Å². The van der Waals surface area contributed by atoms with Gasteiger partial charge in [-0.3, -0.25) is 4.79 Å². The second-order valence-electron chi connectivity index (χ2n) is 5.87. The first kappa shape index (κ1) is 17.0. The summed E-state index contributed by atoms with van der Waals surface area (Å²) >= 11 is 0. The van der Waals surface area contributed by atoms with Gasteiger partial charge in [-0.25, -0.2) is 0 Å². The van der Waals surface area contributed by atoms with Crippen LogP contribution in [0.3, 0.4) is 0 Å². The molecule has 0 saturated heterocycles. The highest BCUT2D eigenvalue weighted by Crippen LogP contribution is 2.16. The van der Waals surface area contributed by atoms with Crippen molar-refractivity contribution in [2.24, 2.45) is 5.92 Å². The van der Waals surface area contributed by atoms with E-state index in [0.29, 0.717) is 19.1 Å². The summed E-state index contributed by atoms with van der Waals surface area (Å²) in [6.45, 7) is 5.86. The van der Waals surface area contributed by atoms with Crippen molar-refractivity contribution >= 4 is 11.6 Å². The normalized spacial score (nSPS) is 10.6. The fourth-order valence-corrected chi connectivity index (χ4v) is 2.02. The lowest BCUT2D eigenvalue weighted by molar-refractivity contribution is -0.115. The molecule has 0 unspecified atom stereocenters. The zero-order valence-electron chi connectivity index (χ0n) is 13.7. The molecule has 0 fully saturated rings. The number of amides is 1. The van der Waals surface area contributed by atoms with E-state index in [2.05, 4.69) is 24.5 Å². The van der Waals surface area contributed by atoms with Crippen molar-refractivity contribution in [3.8, 4) is 5.75 Å². The average Bonchev–Trinajstić information content (AvgIpc) is 2.55. The summed E-state index contributed by atoms with van der Waals surface area (Å²) in [5.41, 5.74) is 1.93. The zero-order valence-corrected chi connectivity index (χ0v) is 13.7. The van der Waals surface area contributed by atoms with Crippen LogP contribution in [0.5, 0.6) is 5.75 Å². The summed E-state index contributed by atoms with van der Waals surface area (Å²) in [5, 5.41) is 5.99. The highest BCUT2D eigenvalue weighted by molar-refractivity contribution is 5.92. The molecule has 2 aromatic rings. The molecule has 4 nitrogen and oxygen atoms in total. The van der Waals surface area contributed by atoms with Crippen LogP contribution in [0.25, 0.3) is 0 Å². The van der Waals surface area contributed by atoms with Crippen molar-refractivity contribution in [1.82, 2.24) is 5.32 Å². The van der Waals surface area contributed by atoms with Crippen molar-refractivity contribution in [1.29, 1.82) is 0 Å². The Hall–Kier alpha value is -2.33. The second kappa shape index (κ2) is 8.96. The lowest BCUT2D eigenvalue weighted by atomic mass is 10.2. The number of hydrogen-bond acceptors (Lipinski definition) is 3. The molecule has 0 aliphatic rings. The van der Waals surface area contributed by atoms with Crippen LogP contribution in [-0.2, 0) is 11.3 Å². The first-order chi connectivity index (χ1) is 11.1. The molecule has 1 amide bonds. The SMILES string of the molecule is CC(C)COc1ccc(NC(=O)CNCc2ccccc2)cc1. The summed E-state index contributed by atoms with van der Waals surface area (Å²) in [6, 6.07) is 17.5. The molecule has 0 aliphatic carbocycles. The zero-order chi connectivity index (χ0) is 16.5. The van der Waals surface area contributed by atoms with Crippen molar-refractivity contribution in [2.75, 3.05) is 18.5 Å². The van der Waals surface area contributed by atoms with Gasteiger partial charge in [0.2, 0.25) is 5.91 Å². The Bertz CT molecular complexity index is 595. The van der Waals surface area contributed by atoms with Crippen molar-refractivity contribution in [3.63, 3.8) is 0 Å². The fourth-order valence-electron chi connectivity index (χ4n) is 2.02. The first-order valence-corrected chi connectivity index (χ1v) is 7.91. The predicted octanol–water partition coefficient (Wildman–Crippen LogP) is 3.45. The van der Waals surface area contributed by atoms with Crippen LogP contribution in [0.1, 0.15) is 19.4 Å². The van der Waals surface area contributed by atoms with Crippen LogP contribution in [0, 0.1) is 5.92 Å². The van der Waals surface area contributed by atoms with Crippen LogP contribution in [-0.4, -0.2) is 19.1 Å². The van der Waals surface area contributed by atoms with Crippen LogP contribution >= 0.6 is 0 Å². The van der Waals surface area contributed by atoms with Crippen LogP contribution < -0.4 is 15.4 Å². The number of nitrogens with one attached hydrogen (secondary N) is 2. The summed E-state index contributed by atoms with van der Waals surface area (Å²) in [4.78, 5) is 11.9. The number of benzene rings is 2. The Labute approximate surface area is 137 Å². The molecule has 2 aromatic carbocycles. The number of anilines is 1. The van der Waals surface area contributed by atoms with E-state index in [4.69, 9.17) is 4.74 Å². The smallest absolute Gasteiger partial charge is 0.238 e. The highest BCUT2D eigenvalue weighted by atomic mass is 16.5. The van der Waals surface area contributed by atoms with Gasteiger partial charge in [-0.1, -0.05) is 44.2 Å². The van der Waals surface area contributed by atoms with Gasteiger partial charge in [0.15, 0.2) is 0 Å². The molecule has 0 spiro atoms. The maximum absolute atomic E-state index is 11.9. The Balaban J connectivity index is 1.72. The third-order valence-corrected chi connectivity index (χ3v) is 3.18. The molecule has 2 N–H and O–H groups in total. The largest absolute Gasteiger partial charge is 0.493 e. The van der Waals surface area contributed by atoms with E-state index in [1.807, 2.05) is 54.6 Å². The lowest BCUT2D eigenvalue weighted by Gasteiger charge is -2.10. The van der Waals surface area contributed by atoms with Crippen molar-refractivity contribution in [2.45, 2.75) is 20.4 Å². The molecule has 122 valence electrons. The molecular formula is C19H24N2O2. The molecule has 0 aliphatic heterocycles. The Morgan fingerprint density at radius 3 is 2.39 bits per heavy atom. The van der Waals surface area contributed by atoms with E-state index in [0.717, 1.165) is 17.0 Å². The monoisotopic (exact) mass is 312 g/mol. The highest BCUT2D eigenvalue weighted by Gasteiger charge is 2.03. The summed E-state index contributed by atoms with van der Waals surface area (Å²) in [6.07, 6.45) is 0. The Morgan fingerprint density at radius 2 is 1.74 bits per heavy atom. The quantitative estimate of drug-likeness (QED) is 0.785. The van der Waals surface area contributed by atoms with Gasteiger partial charge >= 0.3 is 0 Å². The minimum absolute atomic E-state index is 0.0585. The van der Waals surface area contributed by atoms with Gasteiger partial charge in [0.25, 0.3) is 0 Å². The van der Waals surface area contributed by atoms with E-state index >= 15 is 0 Å². The molecule has 0 heterocycles. The van der Waals surface area contributed by atoms with Gasteiger partial charge in [0, 0.05) is 12.2 Å². The van der Waals surface area contributed by atoms with Gasteiger partial charge in [-0.05, 0) is 35.7 Å². The Morgan fingerprint density at radius 1 is 1.04 bits per heavy atom. The van der Waals surface area contributed by atoms with Gasteiger partial charge in [-0.15, -0.1) is 0 Å². The van der Waals surface area contributed by atoms with Crippen LogP contribution in [0.15, 0.2) is 54.6 Å². The summed E-state index contributed by atoms with van der Waals surface area (Å²) in [7, 11) is 0.